The molecule has 0 saturated carbocycles. The molecule has 0 atom stereocenters. The topological polar surface area (TPSA) is 76.1 Å². The normalized spacial score (nSPS) is 10.4. The fourth-order valence-electron chi connectivity index (χ4n) is 2.80. The number of hydrogen-bond acceptors (Lipinski definition) is 5. The van der Waals surface area contributed by atoms with Crippen molar-refractivity contribution in [2.24, 2.45) is 0 Å². The number of para-hydroxylation sites is 1. The van der Waals surface area contributed by atoms with Gasteiger partial charge in [0.15, 0.2) is 5.69 Å². The number of nitrogens with zero attached hydrogens (tertiary/aromatic N) is 2. The maximum atomic E-state index is 12.3. The maximum Gasteiger partial charge on any atom is 0.276 e. The van der Waals surface area contributed by atoms with Crippen LogP contribution in [0.3, 0.4) is 0 Å². The summed E-state index contributed by atoms with van der Waals surface area (Å²) in [6.07, 6.45) is 0.792. The van der Waals surface area contributed by atoms with E-state index in [0.717, 1.165) is 29.0 Å². The van der Waals surface area contributed by atoms with Crippen LogP contribution in [-0.4, -0.2) is 29.8 Å². The summed E-state index contributed by atoms with van der Waals surface area (Å²) in [5.41, 5.74) is 4.44. The van der Waals surface area contributed by atoms with Gasteiger partial charge in [0.25, 0.3) is 5.91 Å². The quantitative estimate of drug-likeness (QED) is 0.652. The van der Waals surface area contributed by atoms with Gasteiger partial charge >= 0.3 is 0 Å². The summed E-state index contributed by atoms with van der Waals surface area (Å²) in [6.45, 7) is 4.73. The van der Waals surface area contributed by atoms with E-state index in [0.29, 0.717) is 12.4 Å². The first-order valence-corrected chi connectivity index (χ1v) is 9.15. The summed E-state index contributed by atoms with van der Waals surface area (Å²) in [7, 11) is 1.67. The van der Waals surface area contributed by atoms with E-state index in [4.69, 9.17) is 4.74 Å². The highest BCUT2D eigenvalue weighted by Crippen LogP contribution is 2.18. The van der Waals surface area contributed by atoms with Crippen LogP contribution >= 0.6 is 0 Å². The number of hydrogen-bond donors (Lipinski definition) is 2. The maximum absolute atomic E-state index is 12.3. The number of aromatic nitrogens is 2. The molecule has 0 aliphatic carbocycles. The molecule has 28 heavy (non-hydrogen) atoms. The zero-order chi connectivity index (χ0) is 19.9. The number of benzene rings is 2. The molecule has 3 rings (SSSR count). The molecule has 0 aliphatic heterocycles. The molecule has 0 spiro atoms. The number of rotatable bonds is 7. The van der Waals surface area contributed by atoms with Crippen LogP contribution in [0.15, 0.2) is 54.6 Å². The zero-order valence-corrected chi connectivity index (χ0v) is 16.3. The predicted molar refractivity (Wildman–Crippen MR) is 111 cm³/mol. The van der Waals surface area contributed by atoms with E-state index < -0.39 is 0 Å². The minimum Gasteiger partial charge on any atom is -0.496 e. The molecule has 2 N–H and O–H groups in total. The molecular weight excluding hydrogens is 352 g/mol. The molecular formula is C22H24N4O2. The van der Waals surface area contributed by atoms with Crippen LogP contribution < -0.4 is 15.4 Å². The van der Waals surface area contributed by atoms with Crippen molar-refractivity contribution in [1.29, 1.82) is 0 Å². The van der Waals surface area contributed by atoms with E-state index in [9.17, 15) is 4.79 Å². The van der Waals surface area contributed by atoms with Crippen molar-refractivity contribution in [2.75, 3.05) is 24.3 Å². The molecule has 0 saturated heterocycles. The molecule has 3 aromatic rings. The third kappa shape index (κ3) is 4.85. The number of carbonyl (C=O) groups excluding carboxylic acids is 1. The predicted octanol–water partition coefficient (Wildman–Crippen LogP) is 4.01. The molecule has 6 heteroatoms. The Morgan fingerprint density at radius 1 is 1.00 bits per heavy atom. The van der Waals surface area contributed by atoms with Crippen molar-refractivity contribution in [3.8, 4) is 5.75 Å². The van der Waals surface area contributed by atoms with Crippen molar-refractivity contribution in [2.45, 2.75) is 20.3 Å². The summed E-state index contributed by atoms with van der Waals surface area (Å²) in [5, 5.41) is 14.2. The number of nitrogens with one attached hydrogen (secondary N) is 2. The summed E-state index contributed by atoms with van der Waals surface area (Å²) in [4.78, 5) is 12.3. The smallest absolute Gasteiger partial charge is 0.276 e. The third-order valence-electron chi connectivity index (χ3n) is 4.55. The van der Waals surface area contributed by atoms with Gasteiger partial charge in [-0.15, -0.1) is 10.2 Å². The lowest BCUT2D eigenvalue weighted by Crippen LogP contribution is -2.15. The molecule has 6 nitrogen and oxygen atoms in total. The monoisotopic (exact) mass is 376 g/mol. The summed E-state index contributed by atoms with van der Waals surface area (Å²) < 4.78 is 5.35. The van der Waals surface area contributed by atoms with Gasteiger partial charge < -0.3 is 15.4 Å². The van der Waals surface area contributed by atoms with E-state index in [1.54, 1.807) is 19.2 Å². The molecule has 1 aromatic heterocycles. The van der Waals surface area contributed by atoms with Gasteiger partial charge in [-0.1, -0.05) is 24.3 Å². The van der Waals surface area contributed by atoms with Crippen LogP contribution in [0, 0.1) is 13.8 Å². The van der Waals surface area contributed by atoms with Crippen LogP contribution in [0.2, 0.25) is 0 Å². The van der Waals surface area contributed by atoms with Crippen LogP contribution in [0.1, 0.15) is 27.2 Å². The molecule has 0 radical (unpaired) electrons. The van der Waals surface area contributed by atoms with Crippen LogP contribution in [-0.2, 0) is 6.42 Å². The van der Waals surface area contributed by atoms with Gasteiger partial charge in [0.1, 0.15) is 11.6 Å². The lowest BCUT2D eigenvalue weighted by Gasteiger charge is -2.09. The van der Waals surface area contributed by atoms with E-state index >= 15 is 0 Å². The minimum absolute atomic E-state index is 0.272. The second kappa shape index (κ2) is 8.99. The molecule has 0 unspecified atom stereocenters. The number of amides is 1. The van der Waals surface area contributed by atoms with E-state index in [1.807, 2.05) is 56.3 Å². The highest BCUT2D eigenvalue weighted by molar-refractivity contribution is 6.02. The Bertz CT molecular complexity index is 955. The zero-order valence-electron chi connectivity index (χ0n) is 16.3. The van der Waals surface area contributed by atoms with E-state index in [-0.39, 0.29) is 11.6 Å². The van der Waals surface area contributed by atoms with Crippen molar-refractivity contribution in [1.82, 2.24) is 10.2 Å². The van der Waals surface area contributed by atoms with E-state index in [2.05, 4.69) is 20.8 Å². The van der Waals surface area contributed by atoms with Crippen molar-refractivity contribution < 1.29 is 9.53 Å². The molecule has 0 bridgehead atoms. The number of methoxy groups -OCH3 is 1. The lowest BCUT2D eigenvalue weighted by atomic mass is 10.1. The number of aryl methyl sites for hydroxylation is 2. The fraction of sp³-hybridized carbons (Fsp3) is 0.227. The van der Waals surface area contributed by atoms with Crippen molar-refractivity contribution >= 4 is 17.4 Å². The average molecular weight is 376 g/mol. The Kier molecular flexibility index (Phi) is 6.22. The van der Waals surface area contributed by atoms with Gasteiger partial charge in [0.05, 0.1) is 7.11 Å². The SMILES string of the molecule is COc1ccccc1CCNc1ccc(C(=O)Nc2ccc(C)c(C)c2)nn1. The molecule has 0 fully saturated rings. The summed E-state index contributed by atoms with van der Waals surface area (Å²) in [6, 6.07) is 17.1. The number of anilines is 2. The standard InChI is InChI=1S/C22H24N4O2/c1-15-8-9-18(14-16(15)2)24-22(27)19-10-11-21(26-25-19)23-13-12-17-6-4-5-7-20(17)28-3/h4-11,14H,12-13H2,1-3H3,(H,23,26)(H,24,27). The second-order valence-corrected chi connectivity index (χ2v) is 6.55. The second-order valence-electron chi connectivity index (χ2n) is 6.55. The van der Waals surface area contributed by atoms with Gasteiger partial charge in [-0.25, -0.2) is 0 Å². The molecule has 144 valence electrons. The van der Waals surface area contributed by atoms with Crippen molar-refractivity contribution in [3.05, 3.63) is 77.0 Å². The van der Waals surface area contributed by atoms with E-state index in [1.165, 1.54) is 5.56 Å². The van der Waals surface area contributed by atoms with Gasteiger partial charge in [0.2, 0.25) is 0 Å². The largest absolute Gasteiger partial charge is 0.496 e. The summed E-state index contributed by atoms with van der Waals surface area (Å²) in [5.74, 6) is 1.21. The van der Waals surface area contributed by atoms with Gasteiger partial charge in [-0.05, 0) is 67.3 Å². The minimum atomic E-state index is -0.281. The molecule has 1 amide bonds. The van der Waals surface area contributed by atoms with Gasteiger partial charge in [0, 0.05) is 12.2 Å². The van der Waals surface area contributed by atoms with Crippen LogP contribution in [0.25, 0.3) is 0 Å². The average Bonchev–Trinajstić information content (AvgIpc) is 2.71. The molecule has 2 aromatic carbocycles. The Hall–Kier alpha value is -3.41. The van der Waals surface area contributed by atoms with Gasteiger partial charge in [-0.2, -0.15) is 0 Å². The molecule has 1 heterocycles. The first-order chi connectivity index (χ1) is 13.6. The highest BCUT2D eigenvalue weighted by atomic mass is 16.5. The van der Waals surface area contributed by atoms with Gasteiger partial charge in [-0.3, -0.25) is 4.79 Å². The third-order valence-corrected chi connectivity index (χ3v) is 4.55. The van der Waals surface area contributed by atoms with Crippen LogP contribution in [0.5, 0.6) is 5.75 Å². The van der Waals surface area contributed by atoms with Crippen LogP contribution in [0.4, 0.5) is 11.5 Å². The van der Waals surface area contributed by atoms with Crippen molar-refractivity contribution in [3.63, 3.8) is 0 Å². The highest BCUT2D eigenvalue weighted by Gasteiger charge is 2.09. The molecule has 0 aliphatic rings. The number of ether oxygens (including phenoxy) is 1. The Morgan fingerprint density at radius 3 is 2.54 bits per heavy atom. The first kappa shape index (κ1) is 19.4. The number of carbonyl (C=O) groups is 1. The Balaban J connectivity index is 1.55. The fourth-order valence-corrected chi connectivity index (χ4v) is 2.80. The first-order valence-electron chi connectivity index (χ1n) is 9.15. The summed E-state index contributed by atoms with van der Waals surface area (Å²) >= 11 is 0. The Labute approximate surface area is 165 Å². The lowest BCUT2D eigenvalue weighted by molar-refractivity contribution is 0.102. The Morgan fingerprint density at radius 2 is 1.82 bits per heavy atom.